The summed E-state index contributed by atoms with van der Waals surface area (Å²) in [7, 11) is 1.49. The first-order valence-corrected chi connectivity index (χ1v) is 8.05. The fraction of sp³-hybridized carbons (Fsp3) is 0.688. The molecular formula is C16H24N2O5. The van der Waals surface area contributed by atoms with Crippen molar-refractivity contribution in [1.29, 1.82) is 0 Å². The van der Waals surface area contributed by atoms with Crippen LogP contribution in [-0.2, 0) is 4.74 Å². The average molecular weight is 324 g/mol. The Morgan fingerprint density at radius 3 is 2.83 bits per heavy atom. The molecule has 2 aliphatic rings. The van der Waals surface area contributed by atoms with Gasteiger partial charge in [-0.1, -0.05) is 0 Å². The van der Waals surface area contributed by atoms with Gasteiger partial charge in [0.2, 0.25) is 0 Å². The van der Waals surface area contributed by atoms with E-state index in [2.05, 4.69) is 4.90 Å². The summed E-state index contributed by atoms with van der Waals surface area (Å²) in [6.07, 6.45) is 2.32. The molecule has 128 valence electrons. The molecule has 1 N–H and O–H groups in total. The molecule has 1 atom stereocenters. The van der Waals surface area contributed by atoms with Gasteiger partial charge in [-0.2, -0.15) is 0 Å². The Hall–Kier alpha value is -1.57. The lowest BCUT2D eigenvalue weighted by Crippen LogP contribution is -2.52. The smallest absolute Gasteiger partial charge is 0.289 e. The van der Waals surface area contributed by atoms with Gasteiger partial charge in [-0.25, -0.2) is 0 Å². The van der Waals surface area contributed by atoms with Crippen molar-refractivity contribution in [3.8, 4) is 5.95 Å². The lowest BCUT2D eigenvalue weighted by Gasteiger charge is -2.33. The van der Waals surface area contributed by atoms with Crippen molar-refractivity contribution in [2.75, 3.05) is 53.0 Å². The number of rotatable bonds is 4. The molecule has 0 saturated carbocycles. The third-order valence-electron chi connectivity index (χ3n) is 4.36. The number of hydrogen-bond acceptors (Lipinski definition) is 6. The Morgan fingerprint density at radius 2 is 2.13 bits per heavy atom. The van der Waals surface area contributed by atoms with Crippen molar-refractivity contribution in [2.45, 2.75) is 18.4 Å². The number of nitrogens with zero attached hydrogens (tertiary/aromatic N) is 2. The van der Waals surface area contributed by atoms with Crippen LogP contribution in [-0.4, -0.2) is 79.5 Å². The normalized spacial score (nSPS) is 26.3. The molecule has 1 amide bonds. The second-order valence-electron chi connectivity index (χ2n) is 6.31. The summed E-state index contributed by atoms with van der Waals surface area (Å²) >= 11 is 0. The lowest BCUT2D eigenvalue weighted by atomic mass is 10.0. The molecule has 2 saturated heterocycles. The fourth-order valence-electron chi connectivity index (χ4n) is 3.24. The van der Waals surface area contributed by atoms with Gasteiger partial charge in [-0.3, -0.25) is 4.79 Å². The van der Waals surface area contributed by atoms with Gasteiger partial charge in [0, 0.05) is 19.2 Å². The van der Waals surface area contributed by atoms with E-state index in [4.69, 9.17) is 13.9 Å². The molecule has 0 spiro atoms. The van der Waals surface area contributed by atoms with Gasteiger partial charge in [-0.05, 0) is 32.0 Å². The van der Waals surface area contributed by atoms with Gasteiger partial charge in [0.05, 0.1) is 26.9 Å². The number of hydrogen-bond donors (Lipinski definition) is 1. The molecule has 7 heteroatoms. The minimum atomic E-state index is -1.05. The summed E-state index contributed by atoms with van der Waals surface area (Å²) < 4.78 is 15.8. The molecule has 0 radical (unpaired) electrons. The summed E-state index contributed by atoms with van der Waals surface area (Å²) in [6, 6.07) is 3.20. The predicted octanol–water partition coefficient (Wildman–Crippen LogP) is 0.587. The van der Waals surface area contributed by atoms with E-state index in [1.807, 2.05) is 0 Å². The number of furan rings is 1. The Kier molecular flexibility index (Phi) is 4.89. The van der Waals surface area contributed by atoms with Crippen LogP contribution in [0.1, 0.15) is 23.4 Å². The first-order valence-electron chi connectivity index (χ1n) is 8.05. The highest BCUT2D eigenvalue weighted by Crippen LogP contribution is 2.21. The molecule has 23 heavy (non-hydrogen) atoms. The van der Waals surface area contributed by atoms with Crippen LogP contribution in [0.2, 0.25) is 0 Å². The molecule has 1 aromatic rings. The lowest BCUT2D eigenvalue weighted by molar-refractivity contribution is -0.0525. The molecule has 0 aromatic carbocycles. The zero-order valence-electron chi connectivity index (χ0n) is 13.5. The monoisotopic (exact) mass is 324 g/mol. The van der Waals surface area contributed by atoms with E-state index >= 15 is 0 Å². The molecule has 1 unspecified atom stereocenters. The van der Waals surface area contributed by atoms with Crippen molar-refractivity contribution >= 4 is 5.91 Å². The second kappa shape index (κ2) is 6.90. The van der Waals surface area contributed by atoms with E-state index in [0.29, 0.717) is 25.6 Å². The maximum atomic E-state index is 12.6. The largest absolute Gasteiger partial charge is 0.468 e. The number of aliphatic hydroxyl groups is 1. The van der Waals surface area contributed by atoms with E-state index < -0.39 is 5.60 Å². The minimum Gasteiger partial charge on any atom is -0.468 e. The molecule has 3 rings (SSSR count). The van der Waals surface area contributed by atoms with E-state index in [-0.39, 0.29) is 24.8 Å². The van der Waals surface area contributed by atoms with Crippen LogP contribution in [0.5, 0.6) is 5.95 Å². The highest BCUT2D eigenvalue weighted by atomic mass is 16.6. The molecule has 7 nitrogen and oxygen atoms in total. The molecule has 3 heterocycles. The fourth-order valence-corrected chi connectivity index (χ4v) is 3.24. The van der Waals surface area contributed by atoms with Crippen LogP contribution in [0.25, 0.3) is 0 Å². The Labute approximate surface area is 135 Å². The van der Waals surface area contributed by atoms with Crippen LogP contribution in [0.4, 0.5) is 0 Å². The number of amides is 1. The quantitative estimate of drug-likeness (QED) is 0.873. The van der Waals surface area contributed by atoms with E-state index in [0.717, 1.165) is 25.9 Å². The Bertz CT molecular complexity index is 540. The van der Waals surface area contributed by atoms with Gasteiger partial charge in [-0.15, -0.1) is 0 Å². The van der Waals surface area contributed by atoms with Crippen molar-refractivity contribution in [3.05, 3.63) is 17.9 Å². The third kappa shape index (κ3) is 3.85. The summed E-state index contributed by atoms with van der Waals surface area (Å²) in [5, 5.41) is 10.9. The van der Waals surface area contributed by atoms with Crippen LogP contribution in [0.15, 0.2) is 16.5 Å². The van der Waals surface area contributed by atoms with Gasteiger partial charge in [0.25, 0.3) is 11.9 Å². The molecular weight excluding hydrogens is 300 g/mol. The van der Waals surface area contributed by atoms with E-state index in [9.17, 15) is 9.90 Å². The van der Waals surface area contributed by atoms with Gasteiger partial charge >= 0.3 is 0 Å². The zero-order valence-corrected chi connectivity index (χ0v) is 13.5. The first-order chi connectivity index (χ1) is 11.1. The third-order valence-corrected chi connectivity index (χ3v) is 4.36. The number of ether oxygens (including phenoxy) is 2. The van der Waals surface area contributed by atoms with Crippen molar-refractivity contribution in [2.24, 2.45) is 0 Å². The van der Waals surface area contributed by atoms with Crippen LogP contribution >= 0.6 is 0 Å². The molecule has 1 aromatic heterocycles. The number of β-amino-alcohol motifs (C(OH)–C–C–N with tert-alkyl or cyclic N) is 1. The second-order valence-corrected chi connectivity index (χ2v) is 6.31. The molecule has 2 fully saturated rings. The maximum Gasteiger partial charge on any atom is 0.289 e. The minimum absolute atomic E-state index is 0.215. The Morgan fingerprint density at radius 1 is 1.35 bits per heavy atom. The first kappa shape index (κ1) is 16.3. The van der Waals surface area contributed by atoms with Gasteiger partial charge in [0.15, 0.2) is 5.76 Å². The molecule has 0 aliphatic carbocycles. The number of carbonyl (C=O) groups excluding carboxylic acids is 1. The zero-order chi connectivity index (χ0) is 16.3. The summed E-state index contributed by atoms with van der Waals surface area (Å²) in [5.41, 5.74) is -1.05. The van der Waals surface area contributed by atoms with E-state index in [1.54, 1.807) is 17.0 Å². The standard InChI is InChI=1S/C16H24N2O5/c1-21-14-5-4-13(23-14)15(19)18-8-9-22-12-16(20,11-18)10-17-6-2-3-7-17/h4-5,20H,2-3,6-12H2,1H3. The SMILES string of the molecule is COc1ccc(C(=O)N2CCOCC(O)(CN3CCCC3)C2)o1. The maximum absolute atomic E-state index is 12.6. The number of likely N-dealkylation sites (tertiary alicyclic amines) is 1. The van der Waals surface area contributed by atoms with Gasteiger partial charge < -0.3 is 28.8 Å². The summed E-state index contributed by atoms with van der Waals surface area (Å²) in [4.78, 5) is 16.4. The van der Waals surface area contributed by atoms with Crippen LogP contribution in [0, 0.1) is 0 Å². The summed E-state index contributed by atoms with van der Waals surface area (Å²) in [6.45, 7) is 3.84. The molecule has 2 aliphatic heterocycles. The van der Waals surface area contributed by atoms with Crippen molar-refractivity contribution in [1.82, 2.24) is 9.80 Å². The number of carbonyl (C=O) groups is 1. The highest BCUT2D eigenvalue weighted by molar-refractivity contribution is 5.91. The predicted molar refractivity (Wildman–Crippen MR) is 82.6 cm³/mol. The highest BCUT2D eigenvalue weighted by Gasteiger charge is 2.37. The van der Waals surface area contributed by atoms with Gasteiger partial charge in [0.1, 0.15) is 5.60 Å². The van der Waals surface area contributed by atoms with Crippen LogP contribution in [0.3, 0.4) is 0 Å². The number of methoxy groups -OCH3 is 1. The topological polar surface area (TPSA) is 75.4 Å². The van der Waals surface area contributed by atoms with Crippen LogP contribution < -0.4 is 4.74 Å². The Balaban J connectivity index is 1.69. The molecule has 0 bridgehead atoms. The van der Waals surface area contributed by atoms with Crippen molar-refractivity contribution in [3.63, 3.8) is 0 Å². The average Bonchev–Trinajstić information content (AvgIpc) is 3.17. The van der Waals surface area contributed by atoms with Crippen molar-refractivity contribution < 1.29 is 23.8 Å². The van der Waals surface area contributed by atoms with E-state index in [1.165, 1.54) is 7.11 Å². The summed E-state index contributed by atoms with van der Waals surface area (Å²) in [5.74, 6) is 0.262.